The van der Waals surface area contributed by atoms with Gasteiger partial charge in [0.2, 0.25) is 11.9 Å². The van der Waals surface area contributed by atoms with Crippen molar-refractivity contribution in [1.29, 1.82) is 0 Å². The molecular weight excluding hydrogens is 318 g/mol. The topological polar surface area (TPSA) is 93.3 Å². The number of rotatable bonds is 3. The standard InChI is InChI=1S/C17H19N7O/c18-16-19-3-11(4-20-16)12-2-15(24-7-14-13(24)8-25-14)22-17(21-12)23-5-9-1-10(9)6-23/h2-4,9-10,13-14H,1,5-8H2,(H2,18,19,20). The van der Waals surface area contributed by atoms with Crippen molar-refractivity contribution in [1.82, 2.24) is 19.9 Å². The summed E-state index contributed by atoms with van der Waals surface area (Å²) < 4.78 is 5.53. The van der Waals surface area contributed by atoms with Crippen LogP contribution in [0.5, 0.6) is 0 Å². The van der Waals surface area contributed by atoms with Gasteiger partial charge in [-0.1, -0.05) is 0 Å². The zero-order chi connectivity index (χ0) is 16.5. The molecule has 0 aromatic carbocycles. The van der Waals surface area contributed by atoms with Gasteiger partial charge in [-0.2, -0.15) is 4.98 Å². The van der Waals surface area contributed by atoms with Crippen molar-refractivity contribution in [3.05, 3.63) is 18.5 Å². The van der Waals surface area contributed by atoms with E-state index in [2.05, 4.69) is 19.8 Å². The lowest BCUT2D eigenvalue weighted by atomic mass is 9.95. The van der Waals surface area contributed by atoms with Crippen molar-refractivity contribution < 1.29 is 4.74 Å². The first-order chi connectivity index (χ1) is 12.2. The van der Waals surface area contributed by atoms with E-state index in [0.717, 1.165) is 61.1 Å². The molecule has 4 unspecified atom stereocenters. The average Bonchev–Trinajstić information content (AvgIpc) is 3.23. The number of aromatic nitrogens is 4. The van der Waals surface area contributed by atoms with Gasteiger partial charge in [-0.05, 0) is 18.3 Å². The van der Waals surface area contributed by atoms with E-state index in [-0.39, 0.29) is 5.95 Å². The van der Waals surface area contributed by atoms with Gasteiger partial charge in [0.1, 0.15) is 5.82 Å². The van der Waals surface area contributed by atoms with Gasteiger partial charge in [-0.15, -0.1) is 0 Å². The number of hydrogen-bond donors (Lipinski definition) is 1. The molecule has 4 atom stereocenters. The minimum absolute atomic E-state index is 0.273. The minimum atomic E-state index is 0.273. The molecule has 3 saturated heterocycles. The predicted octanol–water partition coefficient (Wildman–Crippen LogP) is 0.559. The molecule has 0 amide bonds. The van der Waals surface area contributed by atoms with E-state index in [0.29, 0.717) is 12.1 Å². The predicted molar refractivity (Wildman–Crippen MR) is 92.2 cm³/mol. The monoisotopic (exact) mass is 337 g/mol. The lowest BCUT2D eigenvalue weighted by Gasteiger charge is -2.55. The second-order valence-electron chi connectivity index (χ2n) is 7.49. The van der Waals surface area contributed by atoms with Crippen molar-refractivity contribution in [3.63, 3.8) is 0 Å². The van der Waals surface area contributed by atoms with E-state index < -0.39 is 0 Å². The van der Waals surface area contributed by atoms with E-state index in [9.17, 15) is 0 Å². The van der Waals surface area contributed by atoms with Gasteiger partial charge in [0.05, 0.1) is 24.4 Å². The summed E-state index contributed by atoms with van der Waals surface area (Å²) >= 11 is 0. The van der Waals surface area contributed by atoms with Gasteiger partial charge in [-0.25, -0.2) is 15.0 Å². The molecule has 128 valence electrons. The fraction of sp³-hybridized carbons (Fsp3) is 0.529. The Bertz CT molecular complexity index is 811. The van der Waals surface area contributed by atoms with Crippen LogP contribution in [0.3, 0.4) is 0 Å². The van der Waals surface area contributed by atoms with Gasteiger partial charge in [-0.3, -0.25) is 0 Å². The van der Waals surface area contributed by atoms with Crippen molar-refractivity contribution in [2.45, 2.75) is 18.6 Å². The Morgan fingerprint density at radius 2 is 1.88 bits per heavy atom. The molecule has 3 aliphatic heterocycles. The molecule has 4 aliphatic rings. The fourth-order valence-electron chi connectivity index (χ4n) is 4.13. The number of anilines is 3. The molecule has 2 aromatic rings. The molecule has 8 heteroatoms. The molecule has 1 saturated carbocycles. The summed E-state index contributed by atoms with van der Waals surface area (Å²) in [4.78, 5) is 22.5. The molecule has 0 radical (unpaired) electrons. The van der Waals surface area contributed by atoms with Gasteiger partial charge in [0.25, 0.3) is 0 Å². The molecule has 0 bridgehead atoms. The second kappa shape index (κ2) is 4.78. The Balaban J connectivity index is 1.39. The summed E-state index contributed by atoms with van der Waals surface area (Å²) in [5, 5.41) is 0. The van der Waals surface area contributed by atoms with Crippen LogP contribution in [0.25, 0.3) is 11.3 Å². The van der Waals surface area contributed by atoms with Gasteiger partial charge in [0.15, 0.2) is 0 Å². The first-order valence-corrected chi connectivity index (χ1v) is 8.85. The van der Waals surface area contributed by atoms with Crippen LogP contribution >= 0.6 is 0 Å². The van der Waals surface area contributed by atoms with Crippen molar-refractivity contribution in [2.24, 2.45) is 11.8 Å². The number of ether oxygens (including phenoxy) is 1. The molecule has 2 aromatic heterocycles. The normalized spacial score (nSPS) is 31.8. The smallest absolute Gasteiger partial charge is 0.227 e. The highest BCUT2D eigenvalue weighted by Crippen LogP contribution is 2.46. The van der Waals surface area contributed by atoms with Crippen LogP contribution in [0.2, 0.25) is 0 Å². The Kier molecular flexibility index (Phi) is 2.64. The quantitative estimate of drug-likeness (QED) is 0.868. The van der Waals surface area contributed by atoms with Crippen molar-refractivity contribution in [3.8, 4) is 11.3 Å². The first kappa shape index (κ1) is 13.8. The molecule has 1 aliphatic carbocycles. The number of morpholine rings is 1. The largest absolute Gasteiger partial charge is 0.372 e. The number of nitrogens with two attached hydrogens (primary N) is 1. The van der Waals surface area contributed by atoms with Gasteiger partial charge in [0, 0.05) is 43.7 Å². The molecule has 8 nitrogen and oxygen atoms in total. The third kappa shape index (κ3) is 2.10. The fourth-order valence-corrected chi connectivity index (χ4v) is 4.13. The zero-order valence-corrected chi connectivity index (χ0v) is 13.7. The Labute approximate surface area is 145 Å². The minimum Gasteiger partial charge on any atom is -0.372 e. The average molecular weight is 337 g/mol. The molecular formula is C17H19N7O. The van der Waals surface area contributed by atoms with Gasteiger partial charge < -0.3 is 20.3 Å². The molecule has 0 spiro atoms. The van der Waals surface area contributed by atoms with Crippen LogP contribution in [0.4, 0.5) is 17.7 Å². The molecule has 4 fully saturated rings. The van der Waals surface area contributed by atoms with E-state index >= 15 is 0 Å². The highest BCUT2D eigenvalue weighted by molar-refractivity contribution is 5.65. The van der Waals surface area contributed by atoms with Crippen LogP contribution in [0, 0.1) is 11.8 Å². The molecule has 2 N–H and O–H groups in total. The summed E-state index contributed by atoms with van der Waals surface area (Å²) in [7, 11) is 0. The maximum Gasteiger partial charge on any atom is 0.227 e. The third-order valence-electron chi connectivity index (χ3n) is 5.91. The summed E-state index contributed by atoms with van der Waals surface area (Å²) in [5.41, 5.74) is 7.34. The number of nitrogens with zero attached hydrogens (tertiary/aromatic N) is 6. The van der Waals surface area contributed by atoms with E-state index in [1.54, 1.807) is 12.4 Å². The number of nitrogen functional groups attached to an aromatic ring is 1. The van der Waals surface area contributed by atoms with Gasteiger partial charge >= 0.3 is 0 Å². The number of fused-ring (bicyclic) bond motifs is 2. The van der Waals surface area contributed by atoms with E-state index in [4.69, 9.17) is 20.4 Å². The summed E-state index contributed by atoms with van der Waals surface area (Å²) in [6.07, 6.45) is 5.19. The second-order valence-corrected chi connectivity index (χ2v) is 7.49. The van der Waals surface area contributed by atoms with Crippen molar-refractivity contribution >= 4 is 17.7 Å². The highest BCUT2D eigenvalue weighted by atomic mass is 16.5. The van der Waals surface area contributed by atoms with Crippen molar-refractivity contribution in [2.75, 3.05) is 41.8 Å². The van der Waals surface area contributed by atoms with E-state index in [1.165, 1.54) is 6.42 Å². The third-order valence-corrected chi connectivity index (χ3v) is 5.91. The maximum atomic E-state index is 5.62. The van der Waals surface area contributed by atoms with Crippen LogP contribution in [-0.2, 0) is 4.74 Å². The zero-order valence-electron chi connectivity index (χ0n) is 13.7. The Hall–Kier alpha value is -2.48. The SMILES string of the molecule is Nc1ncc(-c2cc(N3CC4OCC43)nc(N3CC4CC4C3)n2)cn1. The molecule has 5 heterocycles. The lowest BCUT2D eigenvalue weighted by Crippen LogP contribution is -2.71. The summed E-state index contributed by atoms with van der Waals surface area (Å²) in [6, 6.07) is 2.49. The summed E-state index contributed by atoms with van der Waals surface area (Å²) in [5.74, 6) is 3.74. The summed E-state index contributed by atoms with van der Waals surface area (Å²) in [6.45, 7) is 3.84. The van der Waals surface area contributed by atoms with Crippen LogP contribution < -0.4 is 15.5 Å². The van der Waals surface area contributed by atoms with Crippen LogP contribution in [0.15, 0.2) is 18.5 Å². The molecule has 25 heavy (non-hydrogen) atoms. The number of piperidine rings is 1. The van der Waals surface area contributed by atoms with E-state index in [1.807, 2.05) is 6.07 Å². The molecule has 6 rings (SSSR count). The maximum absolute atomic E-state index is 5.62. The van der Waals surface area contributed by atoms with Crippen LogP contribution in [0.1, 0.15) is 6.42 Å². The lowest BCUT2D eigenvalue weighted by molar-refractivity contribution is -0.113. The highest BCUT2D eigenvalue weighted by Gasteiger charge is 2.49. The Morgan fingerprint density at radius 3 is 2.52 bits per heavy atom. The first-order valence-electron chi connectivity index (χ1n) is 8.85. The number of hydrogen-bond acceptors (Lipinski definition) is 8. The van der Waals surface area contributed by atoms with Crippen LogP contribution in [-0.4, -0.2) is 58.3 Å². The Morgan fingerprint density at radius 1 is 1.08 bits per heavy atom.